The summed E-state index contributed by atoms with van der Waals surface area (Å²) < 4.78 is 27.0. The zero-order valence-electron chi connectivity index (χ0n) is 11.3. The van der Waals surface area contributed by atoms with Crippen molar-refractivity contribution in [3.8, 4) is 0 Å². The Morgan fingerprint density at radius 1 is 1.47 bits per heavy atom. The summed E-state index contributed by atoms with van der Waals surface area (Å²) in [5.74, 6) is 0.882. The molecule has 0 atom stereocenters. The topological polar surface area (TPSA) is 37.4 Å². The minimum atomic E-state index is -3.34. The first-order chi connectivity index (χ1) is 8.95. The van der Waals surface area contributed by atoms with Crippen molar-refractivity contribution in [1.29, 1.82) is 0 Å². The fourth-order valence-corrected chi connectivity index (χ4v) is 5.02. The maximum Gasteiger partial charge on any atom is 0.244 e. The van der Waals surface area contributed by atoms with Gasteiger partial charge in [0.2, 0.25) is 10.0 Å². The highest BCUT2D eigenvalue weighted by Crippen LogP contribution is 2.34. The molecule has 0 saturated heterocycles. The third-order valence-electron chi connectivity index (χ3n) is 3.25. The Bertz CT molecular complexity index is 521. The molecular formula is C13H20ClNO2S2. The van der Waals surface area contributed by atoms with Gasteiger partial charge in [0, 0.05) is 22.8 Å². The Hall–Kier alpha value is -0.100. The summed E-state index contributed by atoms with van der Waals surface area (Å²) >= 11 is 7.16. The number of hydrogen-bond acceptors (Lipinski definition) is 3. The van der Waals surface area contributed by atoms with Crippen molar-refractivity contribution >= 4 is 33.0 Å². The number of thiophene rings is 1. The van der Waals surface area contributed by atoms with Crippen LogP contribution in [0.25, 0.3) is 0 Å². The van der Waals surface area contributed by atoms with E-state index in [1.165, 1.54) is 11.3 Å². The molecule has 1 fully saturated rings. The molecule has 0 radical (unpaired) electrons. The van der Waals surface area contributed by atoms with E-state index in [4.69, 9.17) is 11.6 Å². The average Bonchev–Trinajstić information content (AvgIpc) is 3.05. The molecule has 0 bridgehead atoms. The van der Waals surface area contributed by atoms with Gasteiger partial charge in [-0.05, 0) is 31.2 Å². The van der Waals surface area contributed by atoms with Crippen LogP contribution < -0.4 is 0 Å². The lowest BCUT2D eigenvalue weighted by atomic mass is 10.1. The quantitative estimate of drug-likeness (QED) is 0.718. The van der Waals surface area contributed by atoms with Crippen molar-refractivity contribution < 1.29 is 8.42 Å². The van der Waals surface area contributed by atoms with Gasteiger partial charge in [-0.1, -0.05) is 13.8 Å². The second kappa shape index (κ2) is 6.12. The first-order valence-corrected chi connectivity index (χ1v) is 9.45. The normalized spacial score (nSPS) is 16.5. The summed E-state index contributed by atoms with van der Waals surface area (Å²) in [7, 11) is -3.34. The molecule has 1 aliphatic carbocycles. The molecule has 0 amide bonds. The summed E-state index contributed by atoms with van der Waals surface area (Å²) in [5.41, 5.74) is 0. The standard InChI is InChI=1S/C13H20ClNO2S2/c1-10(2)5-6-15(11-3-4-11)19(16,17)13-7-12(8-14)18-9-13/h7,9-11H,3-6,8H2,1-2H3. The Morgan fingerprint density at radius 2 is 2.16 bits per heavy atom. The number of nitrogens with zero attached hydrogens (tertiary/aromatic N) is 1. The summed E-state index contributed by atoms with van der Waals surface area (Å²) in [6, 6.07) is 1.92. The van der Waals surface area contributed by atoms with E-state index >= 15 is 0 Å². The highest BCUT2D eigenvalue weighted by Gasteiger charge is 2.38. The molecule has 1 heterocycles. The first kappa shape index (κ1) is 15.3. The Balaban J connectivity index is 2.18. The molecule has 0 aromatic carbocycles. The minimum Gasteiger partial charge on any atom is -0.207 e. The molecule has 1 aromatic rings. The van der Waals surface area contributed by atoms with Crippen LogP contribution in [-0.4, -0.2) is 25.3 Å². The molecule has 0 aliphatic heterocycles. The molecule has 3 nitrogen and oxygen atoms in total. The SMILES string of the molecule is CC(C)CCN(C1CC1)S(=O)(=O)c1csc(CCl)c1. The van der Waals surface area contributed by atoms with Gasteiger partial charge < -0.3 is 0 Å². The predicted octanol–water partition coefficient (Wildman–Crippen LogP) is 3.69. The number of hydrogen-bond donors (Lipinski definition) is 0. The molecule has 0 N–H and O–H groups in total. The highest BCUT2D eigenvalue weighted by molar-refractivity contribution is 7.89. The Kier molecular flexibility index (Phi) is 4.93. The molecule has 0 unspecified atom stereocenters. The molecule has 0 spiro atoms. The van der Waals surface area contributed by atoms with Crippen LogP contribution >= 0.6 is 22.9 Å². The van der Waals surface area contributed by atoms with Gasteiger partial charge in [-0.25, -0.2) is 8.42 Å². The van der Waals surface area contributed by atoms with Gasteiger partial charge in [0.25, 0.3) is 0 Å². The van der Waals surface area contributed by atoms with Crippen molar-refractivity contribution in [1.82, 2.24) is 4.31 Å². The highest BCUT2D eigenvalue weighted by atomic mass is 35.5. The minimum absolute atomic E-state index is 0.211. The van der Waals surface area contributed by atoms with E-state index in [1.807, 2.05) is 0 Å². The second-order valence-corrected chi connectivity index (χ2v) is 8.57. The molecule has 19 heavy (non-hydrogen) atoms. The van der Waals surface area contributed by atoms with Crippen LogP contribution in [0.2, 0.25) is 0 Å². The van der Waals surface area contributed by atoms with Crippen molar-refractivity contribution in [3.05, 3.63) is 16.3 Å². The average molecular weight is 322 g/mol. The first-order valence-electron chi connectivity index (χ1n) is 6.60. The molecule has 6 heteroatoms. The molecule has 2 rings (SSSR count). The van der Waals surface area contributed by atoms with E-state index in [1.54, 1.807) is 15.8 Å². The van der Waals surface area contributed by atoms with E-state index in [9.17, 15) is 8.42 Å². The van der Waals surface area contributed by atoms with Gasteiger partial charge in [-0.2, -0.15) is 4.31 Å². The van der Waals surface area contributed by atoms with E-state index in [0.717, 1.165) is 24.1 Å². The second-order valence-electron chi connectivity index (χ2n) is 5.41. The van der Waals surface area contributed by atoms with Crippen LogP contribution in [0.3, 0.4) is 0 Å². The maximum absolute atomic E-state index is 12.6. The molecular weight excluding hydrogens is 302 g/mol. The lowest BCUT2D eigenvalue weighted by Gasteiger charge is -2.22. The van der Waals surface area contributed by atoms with Gasteiger partial charge in [0.1, 0.15) is 0 Å². The molecule has 1 aliphatic rings. The molecule has 1 saturated carbocycles. The smallest absolute Gasteiger partial charge is 0.207 e. The number of sulfonamides is 1. The zero-order chi connectivity index (χ0) is 14.0. The monoisotopic (exact) mass is 321 g/mol. The molecule has 108 valence electrons. The van der Waals surface area contributed by atoms with E-state index in [0.29, 0.717) is 23.2 Å². The van der Waals surface area contributed by atoms with Crippen molar-refractivity contribution in [3.63, 3.8) is 0 Å². The van der Waals surface area contributed by atoms with Crippen LogP contribution in [-0.2, 0) is 15.9 Å². The third kappa shape index (κ3) is 3.72. The Morgan fingerprint density at radius 3 is 2.63 bits per heavy atom. The summed E-state index contributed by atoms with van der Waals surface area (Å²) in [6.07, 6.45) is 2.88. The zero-order valence-corrected chi connectivity index (χ0v) is 13.7. The summed E-state index contributed by atoms with van der Waals surface area (Å²) in [5, 5.41) is 1.71. The van der Waals surface area contributed by atoms with E-state index in [2.05, 4.69) is 13.8 Å². The van der Waals surface area contributed by atoms with E-state index in [-0.39, 0.29) is 6.04 Å². The van der Waals surface area contributed by atoms with Crippen molar-refractivity contribution in [2.75, 3.05) is 6.54 Å². The third-order valence-corrected chi connectivity index (χ3v) is 6.71. The van der Waals surface area contributed by atoms with Gasteiger partial charge >= 0.3 is 0 Å². The largest absolute Gasteiger partial charge is 0.244 e. The van der Waals surface area contributed by atoms with E-state index < -0.39 is 10.0 Å². The maximum atomic E-state index is 12.6. The number of rotatable bonds is 7. The van der Waals surface area contributed by atoms with Crippen LogP contribution in [0.4, 0.5) is 0 Å². The van der Waals surface area contributed by atoms with Crippen LogP contribution in [0, 0.1) is 5.92 Å². The molecule has 1 aromatic heterocycles. The van der Waals surface area contributed by atoms with Gasteiger partial charge in [0.15, 0.2) is 0 Å². The fraction of sp³-hybridized carbons (Fsp3) is 0.692. The van der Waals surface area contributed by atoms with Crippen molar-refractivity contribution in [2.24, 2.45) is 5.92 Å². The number of alkyl halides is 1. The van der Waals surface area contributed by atoms with Crippen LogP contribution in [0.5, 0.6) is 0 Å². The van der Waals surface area contributed by atoms with Crippen LogP contribution in [0.15, 0.2) is 16.3 Å². The van der Waals surface area contributed by atoms with Gasteiger partial charge in [-0.15, -0.1) is 22.9 Å². The lowest BCUT2D eigenvalue weighted by Crippen LogP contribution is -2.34. The lowest BCUT2D eigenvalue weighted by molar-refractivity contribution is 0.373. The van der Waals surface area contributed by atoms with Crippen LogP contribution in [0.1, 0.15) is 38.0 Å². The summed E-state index contributed by atoms with van der Waals surface area (Å²) in [4.78, 5) is 1.31. The Labute approximate surface area is 124 Å². The summed E-state index contributed by atoms with van der Waals surface area (Å²) in [6.45, 7) is 4.86. The number of halogens is 1. The predicted molar refractivity (Wildman–Crippen MR) is 80.2 cm³/mol. The van der Waals surface area contributed by atoms with Crippen molar-refractivity contribution in [2.45, 2.75) is 49.9 Å². The van der Waals surface area contributed by atoms with Gasteiger partial charge in [-0.3, -0.25) is 0 Å². The fourth-order valence-electron chi connectivity index (χ4n) is 1.95. The van der Waals surface area contributed by atoms with Gasteiger partial charge in [0.05, 0.1) is 10.8 Å².